The van der Waals surface area contributed by atoms with Crippen LogP contribution in [0.2, 0.25) is 0 Å². The molecule has 0 aliphatic carbocycles. The second kappa shape index (κ2) is 10.6. The Morgan fingerprint density at radius 1 is 0.312 bits per heavy atom. The maximum atomic E-state index is 6.41. The number of fused-ring (bicyclic) bond motifs is 9. The summed E-state index contributed by atoms with van der Waals surface area (Å²) < 4.78 is 6.41. The Bertz CT molecular complexity index is 2840. The van der Waals surface area contributed by atoms with Crippen LogP contribution >= 0.6 is 0 Å². The SMILES string of the molecule is c1ccc(-c2cccc(N(c3ccc4oc5cc6ccccc6cc5c4c3)c3ccc4ccc5ccc6ccccc6c5c4c3)c2)cc1. The second-order valence-electron chi connectivity index (χ2n) is 12.6. The van der Waals surface area contributed by atoms with Gasteiger partial charge in [0, 0.05) is 27.8 Å². The molecule has 224 valence electrons. The van der Waals surface area contributed by atoms with E-state index >= 15 is 0 Å². The molecule has 9 aromatic carbocycles. The maximum Gasteiger partial charge on any atom is 0.136 e. The zero-order chi connectivity index (χ0) is 31.6. The number of nitrogens with zero attached hydrogens (tertiary/aromatic N) is 1. The van der Waals surface area contributed by atoms with Gasteiger partial charge < -0.3 is 9.32 Å². The van der Waals surface area contributed by atoms with Crippen LogP contribution in [0.15, 0.2) is 180 Å². The molecule has 0 aliphatic rings. The van der Waals surface area contributed by atoms with Crippen LogP contribution in [0.3, 0.4) is 0 Å². The lowest BCUT2D eigenvalue weighted by atomic mass is 9.96. The second-order valence-corrected chi connectivity index (χ2v) is 12.6. The van der Waals surface area contributed by atoms with E-state index in [9.17, 15) is 0 Å². The molecule has 0 unspecified atom stereocenters. The van der Waals surface area contributed by atoms with E-state index in [1.54, 1.807) is 0 Å². The average molecular weight is 612 g/mol. The Morgan fingerprint density at radius 2 is 0.896 bits per heavy atom. The number of anilines is 3. The normalized spacial score (nSPS) is 11.8. The monoisotopic (exact) mass is 611 g/mol. The van der Waals surface area contributed by atoms with E-state index in [0.29, 0.717) is 0 Å². The van der Waals surface area contributed by atoms with Gasteiger partial charge in [-0.2, -0.15) is 0 Å². The van der Waals surface area contributed by atoms with Crippen molar-refractivity contribution >= 4 is 82.1 Å². The summed E-state index contributed by atoms with van der Waals surface area (Å²) in [7, 11) is 0. The van der Waals surface area contributed by atoms with Crippen LogP contribution in [0.5, 0.6) is 0 Å². The molecule has 0 N–H and O–H groups in total. The van der Waals surface area contributed by atoms with E-state index in [-0.39, 0.29) is 0 Å². The van der Waals surface area contributed by atoms with E-state index in [4.69, 9.17) is 4.42 Å². The molecule has 1 heterocycles. The van der Waals surface area contributed by atoms with Crippen molar-refractivity contribution in [2.24, 2.45) is 0 Å². The minimum absolute atomic E-state index is 0.887. The molecule has 10 aromatic rings. The van der Waals surface area contributed by atoms with Crippen LogP contribution in [-0.4, -0.2) is 0 Å². The quantitative estimate of drug-likeness (QED) is 0.184. The summed E-state index contributed by atoms with van der Waals surface area (Å²) >= 11 is 0. The molecule has 0 atom stereocenters. The van der Waals surface area contributed by atoms with Crippen LogP contribution in [0, 0.1) is 0 Å². The minimum atomic E-state index is 0.887. The third-order valence-electron chi connectivity index (χ3n) is 9.76. The average Bonchev–Trinajstić information content (AvgIpc) is 3.50. The molecule has 10 rings (SSSR count). The summed E-state index contributed by atoms with van der Waals surface area (Å²) in [6.07, 6.45) is 0. The number of hydrogen-bond donors (Lipinski definition) is 0. The molecule has 0 amide bonds. The highest BCUT2D eigenvalue weighted by Crippen LogP contribution is 2.42. The van der Waals surface area contributed by atoms with Crippen molar-refractivity contribution in [3.63, 3.8) is 0 Å². The lowest BCUT2D eigenvalue weighted by molar-refractivity contribution is 0.669. The van der Waals surface area contributed by atoms with Crippen molar-refractivity contribution in [3.05, 3.63) is 176 Å². The first-order valence-electron chi connectivity index (χ1n) is 16.4. The van der Waals surface area contributed by atoms with Gasteiger partial charge in [0.2, 0.25) is 0 Å². The zero-order valence-electron chi connectivity index (χ0n) is 26.1. The Kier molecular flexibility index (Phi) is 5.91. The standard InChI is InChI=1S/C46H29NO/c1-2-9-30(10-3-1)34-14-8-15-37(25-34)47(39-23-24-44-43(29-39)42-26-35-12-4-5-13-36(35)27-45(42)48-44)38-22-21-32-18-20-33-19-17-31-11-6-7-16-40(31)46(33)41(32)28-38/h1-29H. The first-order chi connectivity index (χ1) is 23.8. The van der Waals surface area contributed by atoms with Gasteiger partial charge in [-0.25, -0.2) is 0 Å². The van der Waals surface area contributed by atoms with Gasteiger partial charge in [0.25, 0.3) is 0 Å². The summed E-state index contributed by atoms with van der Waals surface area (Å²) in [5, 5.41) is 12.1. The Hall–Kier alpha value is -6.38. The lowest BCUT2D eigenvalue weighted by Crippen LogP contribution is -2.10. The van der Waals surface area contributed by atoms with Crippen LogP contribution in [0.1, 0.15) is 0 Å². The molecule has 0 saturated carbocycles. The highest BCUT2D eigenvalue weighted by molar-refractivity contribution is 6.21. The van der Waals surface area contributed by atoms with Gasteiger partial charge in [0.1, 0.15) is 11.2 Å². The fourth-order valence-corrected chi connectivity index (χ4v) is 7.44. The first-order valence-corrected chi connectivity index (χ1v) is 16.4. The third kappa shape index (κ3) is 4.27. The van der Waals surface area contributed by atoms with Gasteiger partial charge in [0.15, 0.2) is 0 Å². The molecule has 2 nitrogen and oxygen atoms in total. The van der Waals surface area contributed by atoms with Crippen LogP contribution in [0.4, 0.5) is 17.1 Å². The van der Waals surface area contributed by atoms with Gasteiger partial charge in [0.05, 0.1) is 0 Å². The number of furan rings is 1. The van der Waals surface area contributed by atoms with Gasteiger partial charge in [-0.15, -0.1) is 0 Å². The Labute approximate surface area is 277 Å². The van der Waals surface area contributed by atoms with Gasteiger partial charge in [-0.1, -0.05) is 121 Å². The minimum Gasteiger partial charge on any atom is -0.456 e. The molecule has 2 heteroatoms. The first kappa shape index (κ1) is 26.8. The largest absolute Gasteiger partial charge is 0.456 e. The maximum absolute atomic E-state index is 6.41. The van der Waals surface area contributed by atoms with Gasteiger partial charge >= 0.3 is 0 Å². The van der Waals surface area contributed by atoms with Crippen molar-refractivity contribution in [2.45, 2.75) is 0 Å². The fourth-order valence-electron chi connectivity index (χ4n) is 7.44. The highest BCUT2D eigenvalue weighted by Gasteiger charge is 2.18. The predicted octanol–water partition coefficient (Wildman–Crippen LogP) is 13.3. The smallest absolute Gasteiger partial charge is 0.136 e. The van der Waals surface area contributed by atoms with E-state index in [0.717, 1.165) is 39.0 Å². The van der Waals surface area contributed by atoms with E-state index in [1.165, 1.54) is 54.2 Å². The Morgan fingerprint density at radius 3 is 1.73 bits per heavy atom. The summed E-state index contributed by atoms with van der Waals surface area (Å²) in [5.74, 6) is 0. The predicted molar refractivity (Wildman–Crippen MR) is 204 cm³/mol. The lowest BCUT2D eigenvalue weighted by Gasteiger charge is -2.26. The molecular formula is C46H29NO. The van der Waals surface area contributed by atoms with Gasteiger partial charge in [-0.3, -0.25) is 0 Å². The molecule has 0 spiro atoms. The van der Waals surface area contributed by atoms with E-state index in [1.807, 2.05) is 0 Å². The zero-order valence-corrected chi connectivity index (χ0v) is 26.1. The molecule has 0 fully saturated rings. The molecule has 0 bridgehead atoms. The van der Waals surface area contributed by atoms with Crippen LogP contribution < -0.4 is 4.90 Å². The van der Waals surface area contributed by atoms with Crippen LogP contribution in [-0.2, 0) is 0 Å². The van der Waals surface area contributed by atoms with E-state index in [2.05, 4.69) is 181 Å². The molecular weight excluding hydrogens is 583 g/mol. The highest BCUT2D eigenvalue weighted by atomic mass is 16.3. The summed E-state index contributed by atoms with van der Waals surface area (Å²) in [5.41, 5.74) is 7.44. The number of hydrogen-bond acceptors (Lipinski definition) is 2. The summed E-state index contributed by atoms with van der Waals surface area (Å²) in [4.78, 5) is 2.38. The third-order valence-corrected chi connectivity index (χ3v) is 9.76. The van der Waals surface area contributed by atoms with Crippen molar-refractivity contribution < 1.29 is 4.42 Å². The van der Waals surface area contributed by atoms with E-state index < -0.39 is 0 Å². The summed E-state index contributed by atoms with van der Waals surface area (Å²) in [6.45, 7) is 0. The molecule has 0 radical (unpaired) electrons. The number of rotatable bonds is 4. The van der Waals surface area contributed by atoms with Crippen molar-refractivity contribution in [1.29, 1.82) is 0 Å². The number of benzene rings is 9. The molecule has 1 aromatic heterocycles. The Balaban J connectivity index is 1.24. The van der Waals surface area contributed by atoms with Crippen molar-refractivity contribution in [2.75, 3.05) is 4.90 Å². The van der Waals surface area contributed by atoms with Crippen molar-refractivity contribution in [3.8, 4) is 11.1 Å². The van der Waals surface area contributed by atoms with Gasteiger partial charge in [-0.05, 0) is 109 Å². The molecule has 0 saturated heterocycles. The van der Waals surface area contributed by atoms with Crippen molar-refractivity contribution in [1.82, 2.24) is 0 Å². The summed E-state index contributed by atoms with van der Waals surface area (Å²) in [6, 6.07) is 63.5. The molecule has 48 heavy (non-hydrogen) atoms. The molecule has 0 aliphatic heterocycles. The van der Waals surface area contributed by atoms with Crippen LogP contribution in [0.25, 0.3) is 76.2 Å². The topological polar surface area (TPSA) is 16.4 Å². The fraction of sp³-hybridized carbons (Fsp3) is 0.